The Hall–Kier alpha value is -1.34. The predicted molar refractivity (Wildman–Crippen MR) is 83.5 cm³/mol. The van der Waals surface area contributed by atoms with Gasteiger partial charge in [-0.15, -0.1) is 0 Å². The predicted octanol–water partition coefficient (Wildman–Crippen LogP) is 2.04. The molecule has 2 rings (SSSR count). The largest absolute Gasteiger partial charge is 0.487 e. The van der Waals surface area contributed by atoms with Gasteiger partial charge in [-0.2, -0.15) is 0 Å². The second-order valence-electron chi connectivity index (χ2n) is 4.83. The van der Waals surface area contributed by atoms with Gasteiger partial charge in [0.15, 0.2) is 0 Å². The van der Waals surface area contributed by atoms with Gasteiger partial charge in [-0.3, -0.25) is 4.72 Å². The summed E-state index contributed by atoms with van der Waals surface area (Å²) in [5.41, 5.74) is 5.88. The van der Waals surface area contributed by atoms with Gasteiger partial charge in [-0.05, 0) is 37.1 Å². The molecule has 1 aliphatic carbocycles. The lowest BCUT2D eigenvalue weighted by atomic mass is 10.3. The molecular formula is C13H18N2O3S2. The van der Waals surface area contributed by atoms with Crippen LogP contribution in [0.15, 0.2) is 24.3 Å². The van der Waals surface area contributed by atoms with Gasteiger partial charge < -0.3 is 10.5 Å². The zero-order valence-corrected chi connectivity index (χ0v) is 12.7. The molecule has 0 spiro atoms. The molecule has 1 fully saturated rings. The van der Waals surface area contributed by atoms with E-state index < -0.39 is 10.0 Å². The lowest BCUT2D eigenvalue weighted by Gasteiger charge is -2.13. The third-order valence-corrected chi connectivity index (χ3v) is 5.22. The summed E-state index contributed by atoms with van der Waals surface area (Å²) in [6.45, 7) is 0.169. The van der Waals surface area contributed by atoms with Crippen LogP contribution in [-0.4, -0.2) is 25.3 Å². The highest BCUT2D eigenvalue weighted by atomic mass is 32.2. The van der Waals surface area contributed by atoms with Crippen molar-refractivity contribution < 1.29 is 13.2 Å². The topological polar surface area (TPSA) is 81.4 Å². The Balaban J connectivity index is 1.98. The number of hydrogen-bond acceptors (Lipinski definition) is 4. The summed E-state index contributed by atoms with van der Waals surface area (Å²) in [5.74, 6) is 0.599. The first-order chi connectivity index (χ1) is 9.47. The number of benzene rings is 1. The van der Waals surface area contributed by atoms with Crippen molar-refractivity contribution >= 4 is 32.9 Å². The van der Waals surface area contributed by atoms with Crippen LogP contribution in [0.25, 0.3) is 0 Å². The van der Waals surface area contributed by atoms with E-state index in [4.69, 9.17) is 22.7 Å². The van der Waals surface area contributed by atoms with Gasteiger partial charge in [0.05, 0.1) is 5.25 Å². The summed E-state index contributed by atoms with van der Waals surface area (Å²) in [4.78, 5) is 0.274. The lowest BCUT2D eigenvalue weighted by Crippen LogP contribution is -2.25. The van der Waals surface area contributed by atoms with Crippen LogP contribution in [0.4, 0.5) is 5.69 Å². The van der Waals surface area contributed by atoms with Crippen molar-refractivity contribution in [2.45, 2.75) is 30.9 Å². The number of ether oxygens (including phenoxy) is 1. The maximum absolute atomic E-state index is 12.1. The molecule has 0 atom stereocenters. The van der Waals surface area contributed by atoms with Crippen LogP contribution in [0.3, 0.4) is 0 Å². The molecule has 0 amide bonds. The van der Waals surface area contributed by atoms with E-state index in [0.717, 1.165) is 25.7 Å². The first-order valence-electron chi connectivity index (χ1n) is 6.50. The highest BCUT2D eigenvalue weighted by molar-refractivity contribution is 7.93. The Kier molecular flexibility index (Phi) is 4.82. The van der Waals surface area contributed by atoms with Crippen LogP contribution in [0.2, 0.25) is 0 Å². The van der Waals surface area contributed by atoms with Crippen LogP contribution >= 0.6 is 12.2 Å². The smallest absolute Gasteiger partial charge is 0.235 e. The molecule has 0 aromatic heterocycles. The molecule has 1 saturated carbocycles. The summed E-state index contributed by atoms with van der Waals surface area (Å²) in [6, 6.07) is 6.71. The van der Waals surface area contributed by atoms with E-state index >= 15 is 0 Å². The van der Waals surface area contributed by atoms with Crippen LogP contribution < -0.4 is 15.2 Å². The summed E-state index contributed by atoms with van der Waals surface area (Å²) >= 11 is 4.71. The Labute approximate surface area is 124 Å². The number of thiocarbonyl (C=S) groups is 1. The monoisotopic (exact) mass is 314 g/mol. The van der Waals surface area contributed by atoms with Crippen LogP contribution in [-0.2, 0) is 10.0 Å². The minimum absolute atomic E-state index is 0.169. The SMILES string of the molecule is NC(=S)COc1ccc(NS(=O)(=O)C2CCCC2)cc1. The molecule has 20 heavy (non-hydrogen) atoms. The highest BCUT2D eigenvalue weighted by Crippen LogP contribution is 2.26. The highest BCUT2D eigenvalue weighted by Gasteiger charge is 2.28. The van der Waals surface area contributed by atoms with Gasteiger partial charge in [-0.1, -0.05) is 25.1 Å². The molecule has 1 aromatic carbocycles. The van der Waals surface area contributed by atoms with Gasteiger partial charge in [-0.25, -0.2) is 8.42 Å². The second kappa shape index (κ2) is 6.41. The maximum Gasteiger partial charge on any atom is 0.235 e. The molecule has 0 aliphatic heterocycles. The van der Waals surface area contributed by atoms with Gasteiger partial charge in [0.25, 0.3) is 0 Å². The van der Waals surface area contributed by atoms with Crippen LogP contribution in [0.5, 0.6) is 5.75 Å². The number of rotatable bonds is 6. The molecule has 0 saturated heterocycles. The summed E-state index contributed by atoms with van der Waals surface area (Å²) in [5, 5.41) is -0.270. The summed E-state index contributed by atoms with van der Waals surface area (Å²) in [7, 11) is -3.28. The molecule has 0 radical (unpaired) electrons. The standard InChI is InChI=1S/C13H18N2O3S2/c14-13(19)9-18-11-7-5-10(6-8-11)15-20(16,17)12-3-1-2-4-12/h5-8,12,15H,1-4,9H2,(H2,14,19). The third kappa shape index (κ3) is 4.08. The molecule has 3 N–H and O–H groups in total. The van der Waals surface area contributed by atoms with Gasteiger partial charge in [0, 0.05) is 5.69 Å². The average molecular weight is 314 g/mol. The lowest BCUT2D eigenvalue weighted by molar-refractivity contribution is 0.377. The van der Waals surface area contributed by atoms with Crippen molar-refractivity contribution in [2.75, 3.05) is 11.3 Å². The number of anilines is 1. The van der Waals surface area contributed by atoms with E-state index in [0.29, 0.717) is 11.4 Å². The molecule has 5 nitrogen and oxygen atoms in total. The number of hydrogen-bond donors (Lipinski definition) is 2. The minimum Gasteiger partial charge on any atom is -0.487 e. The Morgan fingerprint density at radius 1 is 1.30 bits per heavy atom. The van der Waals surface area contributed by atoms with Crippen molar-refractivity contribution in [1.82, 2.24) is 0 Å². The van der Waals surface area contributed by atoms with Crippen LogP contribution in [0, 0.1) is 0 Å². The molecule has 0 heterocycles. The zero-order valence-electron chi connectivity index (χ0n) is 11.0. The zero-order chi connectivity index (χ0) is 14.6. The van der Waals surface area contributed by atoms with Crippen molar-refractivity contribution in [3.05, 3.63) is 24.3 Å². The first-order valence-corrected chi connectivity index (χ1v) is 8.45. The maximum atomic E-state index is 12.1. The van der Waals surface area contributed by atoms with E-state index in [9.17, 15) is 8.42 Å². The number of nitrogens with two attached hydrogens (primary N) is 1. The van der Waals surface area contributed by atoms with Crippen molar-refractivity contribution in [2.24, 2.45) is 5.73 Å². The molecule has 1 aliphatic rings. The van der Waals surface area contributed by atoms with Gasteiger partial charge in [0.2, 0.25) is 10.0 Å². The van der Waals surface area contributed by atoms with E-state index in [1.54, 1.807) is 24.3 Å². The van der Waals surface area contributed by atoms with Crippen LogP contribution in [0.1, 0.15) is 25.7 Å². The Bertz CT molecular complexity index is 564. The third-order valence-electron chi connectivity index (χ3n) is 3.24. The van der Waals surface area contributed by atoms with Crippen molar-refractivity contribution in [3.8, 4) is 5.75 Å². The Morgan fingerprint density at radius 2 is 1.90 bits per heavy atom. The molecule has 110 valence electrons. The minimum atomic E-state index is -3.28. The molecule has 1 aromatic rings. The number of sulfonamides is 1. The normalized spacial score (nSPS) is 16.0. The first kappa shape index (κ1) is 15.1. The van der Waals surface area contributed by atoms with E-state index in [1.165, 1.54) is 0 Å². The fourth-order valence-corrected chi connectivity index (χ4v) is 3.86. The van der Waals surface area contributed by atoms with E-state index in [1.807, 2.05) is 0 Å². The average Bonchev–Trinajstić information content (AvgIpc) is 2.92. The number of nitrogens with one attached hydrogen (secondary N) is 1. The molecular weight excluding hydrogens is 296 g/mol. The Morgan fingerprint density at radius 3 is 2.45 bits per heavy atom. The van der Waals surface area contributed by atoms with Crippen molar-refractivity contribution in [1.29, 1.82) is 0 Å². The molecule has 7 heteroatoms. The molecule has 0 bridgehead atoms. The van der Waals surface area contributed by atoms with Crippen molar-refractivity contribution in [3.63, 3.8) is 0 Å². The summed E-state index contributed by atoms with van der Waals surface area (Å²) in [6.07, 6.45) is 3.45. The second-order valence-corrected chi connectivity index (χ2v) is 7.32. The van der Waals surface area contributed by atoms with Gasteiger partial charge >= 0.3 is 0 Å². The van der Waals surface area contributed by atoms with E-state index in [-0.39, 0.29) is 16.8 Å². The van der Waals surface area contributed by atoms with E-state index in [2.05, 4.69) is 4.72 Å². The quantitative estimate of drug-likeness (QED) is 0.785. The molecule has 0 unspecified atom stereocenters. The fourth-order valence-electron chi connectivity index (χ4n) is 2.22. The summed E-state index contributed by atoms with van der Waals surface area (Å²) < 4.78 is 32.2. The fraction of sp³-hybridized carbons (Fsp3) is 0.462. The van der Waals surface area contributed by atoms with Gasteiger partial charge in [0.1, 0.15) is 17.3 Å².